The topological polar surface area (TPSA) is 195 Å². The summed E-state index contributed by atoms with van der Waals surface area (Å²) in [6, 6.07) is 56.6. The molecule has 101 heavy (non-hydrogen) atoms. The molecule has 0 aliphatic carbocycles. The highest BCUT2D eigenvalue weighted by molar-refractivity contribution is 7.86. The zero-order chi connectivity index (χ0) is 71.6. The van der Waals surface area contributed by atoms with Crippen molar-refractivity contribution < 1.29 is 68.5 Å². The van der Waals surface area contributed by atoms with Gasteiger partial charge in [0.2, 0.25) is 20.3 Å². The quantitative estimate of drug-likeness (QED) is 0.0186. The van der Waals surface area contributed by atoms with Crippen LogP contribution in [0.5, 0.6) is 40.4 Å². The first-order valence-corrected chi connectivity index (χ1v) is 37.5. The highest BCUT2D eigenvalue weighted by Crippen LogP contribution is 2.49. The molecular weight excluding hydrogens is 1340 g/mol. The van der Waals surface area contributed by atoms with E-state index in [0.29, 0.717) is 102 Å². The van der Waals surface area contributed by atoms with Gasteiger partial charge in [0.25, 0.3) is 10.1 Å². The number of hydrogen-bond acceptors (Lipinski definition) is 17. The summed E-state index contributed by atoms with van der Waals surface area (Å²) in [6.45, 7) is 15.3. The average molecular weight is 1420 g/mol. The van der Waals surface area contributed by atoms with Crippen LogP contribution in [-0.2, 0) is 47.2 Å². The van der Waals surface area contributed by atoms with Gasteiger partial charge >= 0.3 is 5.97 Å². The molecule has 0 amide bonds. The van der Waals surface area contributed by atoms with Crippen LogP contribution in [0.3, 0.4) is 0 Å². The molecule has 0 N–H and O–H groups in total. The van der Waals surface area contributed by atoms with Crippen molar-refractivity contribution in [1.29, 1.82) is 0 Å². The molecule has 3 heterocycles. The molecule has 0 fully saturated rings. The van der Waals surface area contributed by atoms with Gasteiger partial charge in [-0.2, -0.15) is 8.42 Å². The SMILES string of the molecule is CCOC(=O)[C@@H](Cc1cc(O[Si](C)(C)C(C)(C)C)ccc1OCc1ccnc(-c2ccccc2OC)n1)Oc1nccc2oc(-c3ccc(F)cc3)c(-c3ccc(O[C@H](COC(c4ccccc4)(c4ccc(OC)cc4)c4ccc(OC)cc4)COS(=O)(=O)c4ccc(C)cc4)c(Cl)c3C)c12. The minimum atomic E-state index is -4.37. The normalized spacial score (nSPS) is 12.5. The second-order valence-corrected chi connectivity index (χ2v) is 32.2. The predicted octanol–water partition coefficient (Wildman–Crippen LogP) is 17.7. The van der Waals surface area contributed by atoms with Gasteiger partial charge in [0.1, 0.15) is 76.6 Å². The third kappa shape index (κ3) is 16.2. The lowest BCUT2D eigenvalue weighted by molar-refractivity contribution is -0.151. The van der Waals surface area contributed by atoms with Crippen LogP contribution in [0.2, 0.25) is 23.2 Å². The molecule has 0 aliphatic heterocycles. The molecule has 11 aromatic rings. The zero-order valence-corrected chi connectivity index (χ0v) is 60.6. The molecule has 17 nitrogen and oxygen atoms in total. The lowest BCUT2D eigenvalue weighted by Gasteiger charge is -2.37. The number of furan rings is 1. The highest BCUT2D eigenvalue weighted by Gasteiger charge is 2.41. The summed E-state index contributed by atoms with van der Waals surface area (Å²) in [5.41, 5.74) is 5.68. The third-order valence-electron chi connectivity index (χ3n) is 17.8. The van der Waals surface area contributed by atoms with E-state index in [2.05, 4.69) is 38.8 Å². The van der Waals surface area contributed by atoms with E-state index in [4.69, 9.17) is 72.5 Å². The van der Waals surface area contributed by atoms with Crippen LogP contribution in [0.1, 0.15) is 66.8 Å². The Kier molecular flexibility index (Phi) is 22.3. The molecule has 0 unspecified atom stereocenters. The monoisotopic (exact) mass is 1420 g/mol. The van der Waals surface area contributed by atoms with Crippen LogP contribution in [0.15, 0.2) is 216 Å². The molecule has 3 aromatic heterocycles. The number of pyridine rings is 1. The van der Waals surface area contributed by atoms with E-state index in [9.17, 15) is 17.6 Å². The Bertz CT molecular complexity index is 4760. The van der Waals surface area contributed by atoms with Crippen molar-refractivity contribution in [3.63, 3.8) is 0 Å². The first kappa shape index (κ1) is 72.2. The molecule has 0 bridgehead atoms. The summed E-state index contributed by atoms with van der Waals surface area (Å²) in [7, 11) is -2.03. The molecule has 8 aromatic carbocycles. The Balaban J connectivity index is 0.990. The number of nitrogens with zero attached hydrogens (tertiary/aromatic N) is 3. The van der Waals surface area contributed by atoms with E-state index < -0.39 is 54.6 Å². The van der Waals surface area contributed by atoms with Gasteiger partial charge in [-0.1, -0.05) is 123 Å². The van der Waals surface area contributed by atoms with E-state index in [0.717, 1.165) is 11.1 Å². The fraction of sp³-hybridized carbons (Fsp3) is 0.250. The summed E-state index contributed by atoms with van der Waals surface area (Å²) in [4.78, 5) is 28.7. The highest BCUT2D eigenvalue weighted by atomic mass is 35.5. The molecular formula is C80H79ClFN3O14SSi. The number of carbonyl (C=O) groups excluding carboxylic acids is 1. The summed E-state index contributed by atoms with van der Waals surface area (Å²) < 4.78 is 113. The fourth-order valence-electron chi connectivity index (χ4n) is 11.4. The number of rotatable bonds is 29. The van der Waals surface area contributed by atoms with Gasteiger partial charge in [0.15, 0.2) is 5.82 Å². The molecule has 0 saturated heterocycles. The number of methoxy groups -OCH3 is 3. The van der Waals surface area contributed by atoms with Crippen molar-refractivity contribution in [3.8, 4) is 74.2 Å². The van der Waals surface area contributed by atoms with Crippen LogP contribution in [0, 0.1) is 19.7 Å². The lowest BCUT2D eigenvalue weighted by Crippen LogP contribution is -2.43. The summed E-state index contributed by atoms with van der Waals surface area (Å²) >= 11 is 7.59. The minimum Gasteiger partial charge on any atom is -0.543 e. The smallest absolute Gasteiger partial charge is 0.347 e. The minimum absolute atomic E-state index is 0.00992. The summed E-state index contributed by atoms with van der Waals surface area (Å²) in [5.74, 6) is 2.53. The Morgan fingerprint density at radius 3 is 1.95 bits per heavy atom. The standard InChI is InChI=1S/C80H79ClFN3O14SSi/c1-12-92-78(86)71(47-54-46-62(99-101(10,11)79(4,5)6)36-40-67(54)93-48-59-42-44-83-76(85-59)66-20-16-17-21-68(66)91-9)98-77-73-69(43-45-84-77)97-75(53-24-30-58(82)31-25-53)72(73)65-39-41-70(74(81)52(65)3)96-63(50-95-100(87,88)64-37-22-51(2)23-38-64)49-94-80(55-18-14-13-15-19-55,56-26-32-60(89-7)33-27-56)57-28-34-61(90-8)35-29-57/h13-46,63,71H,12,47-50H2,1-11H3/t63-,71-/m1/s1. The van der Waals surface area contributed by atoms with E-state index in [1.54, 1.807) is 89.9 Å². The van der Waals surface area contributed by atoms with Gasteiger partial charge in [-0.05, 0) is 170 Å². The van der Waals surface area contributed by atoms with E-state index in [1.807, 2.05) is 128 Å². The number of esters is 1. The molecule has 522 valence electrons. The Labute approximate surface area is 594 Å². The van der Waals surface area contributed by atoms with E-state index >= 15 is 0 Å². The number of hydrogen-bond donors (Lipinski definition) is 0. The number of aryl methyl sites for hydroxylation is 1. The maximum absolute atomic E-state index is 14.9. The van der Waals surface area contributed by atoms with Crippen LogP contribution >= 0.6 is 11.6 Å². The van der Waals surface area contributed by atoms with E-state index in [-0.39, 0.29) is 52.8 Å². The lowest BCUT2D eigenvalue weighted by atomic mass is 9.80. The number of aromatic nitrogens is 3. The van der Waals surface area contributed by atoms with Crippen molar-refractivity contribution in [2.45, 2.75) is 95.4 Å². The fourth-order valence-corrected chi connectivity index (χ4v) is 13.6. The predicted molar refractivity (Wildman–Crippen MR) is 389 cm³/mol. The Morgan fingerprint density at radius 2 is 1.30 bits per heavy atom. The number of ether oxygens (including phenoxy) is 8. The molecule has 11 rings (SSSR count). The van der Waals surface area contributed by atoms with Crippen LogP contribution in [0.25, 0.3) is 44.8 Å². The first-order chi connectivity index (χ1) is 48.5. The molecule has 0 saturated carbocycles. The Morgan fingerprint density at radius 1 is 0.663 bits per heavy atom. The number of halogens is 2. The third-order valence-corrected chi connectivity index (χ3v) is 23.9. The molecule has 0 radical (unpaired) electrons. The van der Waals surface area contributed by atoms with E-state index in [1.165, 1.54) is 30.5 Å². The van der Waals surface area contributed by atoms with Gasteiger partial charge in [-0.25, -0.2) is 24.1 Å². The second kappa shape index (κ2) is 31.2. The van der Waals surface area contributed by atoms with Crippen molar-refractivity contribution in [1.82, 2.24) is 15.0 Å². The first-order valence-electron chi connectivity index (χ1n) is 32.8. The van der Waals surface area contributed by atoms with Crippen LogP contribution in [0.4, 0.5) is 4.39 Å². The molecule has 0 spiro atoms. The number of benzene rings is 8. The average Bonchev–Trinajstić information content (AvgIpc) is 1.71. The second-order valence-electron chi connectivity index (χ2n) is 25.5. The van der Waals surface area contributed by atoms with Gasteiger partial charge in [-0.3, -0.25) is 4.18 Å². The Hall–Kier alpha value is -10.1. The van der Waals surface area contributed by atoms with Crippen molar-refractivity contribution in [3.05, 3.63) is 256 Å². The van der Waals surface area contributed by atoms with Gasteiger partial charge in [0.05, 0.1) is 61.1 Å². The van der Waals surface area contributed by atoms with Crippen molar-refractivity contribution in [2.75, 3.05) is 41.2 Å². The maximum Gasteiger partial charge on any atom is 0.347 e. The van der Waals surface area contributed by atoms with Crippen LogP contribution in [-0.4, -0.2) is 91.0 Å². The van der Waals surface area contributed by atoms with Gasteiger partial charge in [0, 0.05) is 41.6 Å². The molecule has 2 atom stereocenters. The maximum atomic E-state index is 14.9. The van der Waals surface area contributed by atoms with Gasteiger partial charge in [-0.15, -0.1) is 0 Å². The molecule has 0 aliphatic rings. The van der Waals surface area contributed by atoms with Gasteiger partial charge < -0.3 is 46.7 Å². The van der Waals surface area contributed by atoms with Crippen molar-refractivity contribution in [2.24, 2.45) is 0 Å². The summed E-state index contributed by atoms with van der Waals surface area (Å²) in [5, 5.41) is 0.300. The summed E-state index contributed by atoms with van der Waals surface area (Å²) in [6.07, 6.45) is 0.519. The van der Waals surface area contributed by atoms with Crippen molar-refractivity contribution >= 4 is 47.0 Å². The number of carbonyl (C=O) groups is 1. The zero-order valence-electron chi connectivity index (χ0n) is 58.0. The largest absolute Gasteiger partial charge is 0.543 e. The number of para-hydroxylation sites is 1. The number of fused-ring (bicyclic) bond motifs is 1. The molecule has 21 heteroatoms. The van der Waals surface area contributed by atoms with Crippen LogP contribution < -0.4 is 32.8 Å².